The fraction of sp³-hybridized carbons (Fsp3) is 0.429. The first-order chi connectivity index (χ1) is 18.7. The van der Waals surface area contributed by atoms with Gasteiger partial charge in [-0.3, -0.25) is 9.59 Å². The van der Waals surface area contributed by atoms with Crippen LogP contribution in [0.2, 0.25) is 0 Å². The highest BCUT2D eigenvalue weighted by Gasteiger charge is 2.30. The van der Waals surface area contributed by atoms with Crippen LogP contribution >= 0.6 is 0 Å². The SMILES string of the molecule is COC(=O)N1CCO[C@@H](Cc2c(-c3c(F)cc(NC(=O)C4CCC(=O)CC4)cc3F)nc3cc(C)ccn23)C1. The number of anilines is 1. The number of Topliss-reactive ketones (excluding diaryl/α,β-unsaturated/α-hetero) is 1. The molecule has 1 atom stereocenters. The summed E-state index contributed by atoms with van der Waals surface area (Å²) in [7, 11) is 1.31. The van der Waals surface area contributed by atoms with Crippen LogP contribution in [-0.4, -0.2) is 65.0 Å². The normalized spacial score (nSPS) is 18.4. The van der Waals surface area contributed by atoms with Crippen molar-refractivity contribution in [2.24, 2.45) is 5.92 Å². The van der Waals surface area contributed by atoms with Crippen LogP contribution in [0, 0.1) is 24.5 Å². The average molecular weight is 541 g/mol. The number of hydrogen-bond donors (Lipinski definition) is 1. The van der Waals surface area contributed by atoms with Gasteiger partial charge in [0.25, 0.3) is 0 Å². The number of carbonyl (C=O) groups is 3. The van der Waals surface area contributed by atoms with Crippen LogP contribution in [-0.2, 0) is 25.5 Å². The third kappa shape index (κ3) is 5.63. The van der Waals surface area contributed by atoms with Gasteiger partial charge >= 0.3 is 6.09 Å². The first kappa shape index (κ1) is 26.7. The molecular formula is C28H30F2N4O5. The molecule has 1 aromatic carbocycles. The van der Waals surface area contributed by atoms with Crippen molar-refractivity contribution >= 4 is 29.1 Å². The summed E-state index contributed by atoms with van der Waals surface area (Å²) in [6.45, 7) is 2.84. The Hall–Kier alpha value is -3.86. The van der Waals surface area contributed by atoms with Gasteiger partial charge in [0.05, 0.1) is 43.3 Å². The zero-order chi connectivity index (χ0) is 27.7. The van der Waals surface area contributed by atoms with Crippen molar-refractivity contribution in [3.63, 3.8) is 0 Å². The summed E-state index contributed by atoms with van der Waals surface area (Å²) in [5, 5.41) is 2.60. The van der Waals surface area contributed by atoms with Crippen LogP contribution in [0.15, 0.2) is 30.5 Å². The number of pyridine rings is 1. The number of nitrogens with one attached hydrogen (secondary N) is 1. The van der Waals surface area contributed by atoms with Crippen LogP contribution < -0.4 is 5.32 Å². The average Bonchev–Trinajstić information content (AvgIpc) is 3.24. The van der Waals surface area contributed by atoms with Crippen LogP contribution in [0.3, 0.4) is 0 Å². The number of methoxy groups -OCH3 is 1. The highest BCUT2D eigenvalue weighted by atomic mass is 19.1. The molecule has 2 aliphatic rings. The maximum atomic E-state index is 15.5. The molecule has 0 radical (unpaired) electrons. The smallest absolute Gasteiger partial charge is 0.409 e. The van der Waals surface area contributed by atoms with Crippen molar-refractivity contribution in [3.05, 3.63) is 53.4 Å². The lowest BCUT2D eigenvalue weighted by Gasteiger charge is -2.32. The molecule has 3 aromatic rings. The van der Waals surface area contributed by atoms with Crippen molar-refractivity contribution in [1.82, 2.24) is 14.3 Å². The Kier molecular flexibility index (Phi) is 7.60. The van der Waals surface area contributed by atoms with Crippen LogP contribution in [0.1, 0.15) is 36.9 Å². The molecule has 2 fully saturated rings. The fourth-order valence-electron chi connectivity index (χ4n) is 5.26. The number of hydrogen-bond acceptors (Lipinski definition) is 6. The second kappa shape index (κ2) is 11.1. The predicted molar refractivity (Wildman–Crippen MR) is 138 cm³/mol. The zero-order valence-electron chi connectivity index (χ0n) is 21.8. The predicted octanol–water partition coefficient (Wildman–Crippen LogP) is 4.30. The number of imidazole rings is 1. The topological polar surface area (TPSA) is 102 Å². The summed E-state index contributed by atoms with van der Waals surface area (Å²) in [4.78, 5) is 42.3. The quantitative estimate of drug-likeness (QED) is 0.518. The molecule has 1 saturated heterocycles. The van der Waals surface area contributed by atoms with E-state index in [-0.39, 0.29) is 47.5 Å². The first-order valence-corrected chi connectivity index (χ1v) is 13.0. The molecule has 5 rings (SSSR count). The Balaban J connectivity index is 1.46. The number of carbonyl (C=O) groups excluding carboxylic acids is 3. The van der Waals surface area contributed by atoms with Gasteiger partial charge < -0.3 is 24.1 Å². The maximum absolute atomic E-state index is 15.5. The van der Waals surface area contributed by atoms with Gasteiger partial charge in [-0.15, -0.1) is 0 Å². The van der Waals surface area contributed by atoms with Crippen molar-refractivity contribution in [1.29, 1.82) is 0 Å². The third-order valence-electron chi connectivity index (χ3n) is 7.33. The van der Waals surface area contributed by atoms with E-state index in [1.54, 1.807) is 10.6 Å². The Morgan fingerprint density at radius 1 is 1.18 bits per heavy atom. The standard InChI is InChI=1S/C28H30F2N4O5/c1-16-7-8-34-23(14-20-15-33(9-10-39-20)28(37)38-2)26(32-24(34)11-16)25-21(29)12-18(13-22(25)30)31-27(36)17-3-5-19(35)6-4-17/h7-8,11-13,17,20H,3-6,9-10,14-15H2,1-2H3,(H,31,36)/t20-/m0/s1. The van der Waals surface area contributed by atoms with Gasteiger partial charge in [-0.2, -0.15) is 0 Å². The second-order valence-electron chi connectivity index (χ2n) is 10.1. The van der Waals surface area contributed by atoms with Gasteiger partial charge in [-0.1, -0.05) is 0 Å². The molecule has 9 nitrogen and oxygen atoms in total. The number of aryl methyl sites for hydroxylation is 1. The molecule has 206 valence electrons. The minimum absolute atomic E-state index is 0.00106. The van der Waals surface area contributed by atoms with E-state index in [0.29, 0.717) is 50.2 Å². The van der Waals surface area contributed by atoms with Crippen LogP contribution in [0.4, 0.5) is 19.3 Å². The number of fused-ring (bicyclic) bond motifs is 1. The lowest BCUT2D eigenvalue weighted by Crippen LogP contribution is -2.46. The molecule has 2 amide bonds. The van der Waals surface area contributed by atoms with E-state index in [2.05, 4.69) is 10.3 Å². The number of halogens is 2. The van der Waals surface area contributed by atoms with Gasteiger partial charge in [0.2, 0.25) is 5.91 Å². The number of amides is 2. The van der Waals surface area contributed by atoms with E-state index >= 15 is 8.78 Å². The summed E-state index contributed by atoms with van der Waals surface area (Å²) in [5.74, 6) is -2.35. The molecule has 11 heteroatoms. The highest BCUT2D eigenvalue weighted by Crippen LogP contribution is 2.33. The van der Waals surface area contributed by atoms with E-state index in [0.717, 1.165) is 17.7 Å². The molecule has 39 heavy (non-hydrogen) atoms. The Morgan fingerprint density at radius 3 is 2.59 bits per heavy atom. The Morgan fingerprint density at radius 2 is 1.90 bits per heavy atom. The maximum Gasteiger partial charge on any atom is 0.409 e. The number of ketones is 1. The monoisotopic (exact) mass is 540 g/mol. The number of ether oxygens (including phenoxy) is 2. The minimum atomic E-state index is -0.869. The number of benzene rings is 1. The summed E-state index contributed by atoms with van der Waals surface area (Å²) in [6, 6.07) is 5.85. The van der Waals surface area contributed by atoms with E-state index in [9.17, 15) is 14.4 Å². The molecule has 1 aliphatic heterocycles. The molecule has 0 spiro atoms. The largest absolute Gasteiger partial charge is 0.453 e. The number of nitrogens with zero attached hydrogens (tertiary/aromatic N) is 3. The van der Waals surface area contributed by atoms with Gasteiger partial charge in [0.15, 0.2) is 0 Å². The van der Waals surface area contributed by atoms with E-state index < -0.39 is 23.8 Å². The number of morpholine rings is 1. The van der Waals surface area contributed by atoms with Gasteiger partial charge in [-0.25, -0.2) is 18.6 Å². The zero-order valence-corrected chi connectivity index (χ0v) is 21.8. The molecule has 1 N–H and O–H groups in total. The summed E-state index contributed by atoms with van der Waals surface area (Å²) in [6.07, 6.45) is 2.64. The molecule has 0 bridgehead atoms. The molecule has 2 aromatic heterocycles. The number of rotatable bonds is 5. The molecule has 1 aliphatic carbocycles. The van der Waals surface area contributed by atoms with E-state index in [4.69, 9.17) is 9.47 Å². The van der Waals surface area contributed by atoms with Gasteiger partial charge in [0, 0.05) is 43.6 Å². The van der Waals surface area contributed by atoms with Crippen molar-refractivity contribution in [2.45, 2.75) is 45.1 Å². The second-order valence-corrected chi connectivity index (χ2v) is 10.1. The molecular weight excluding hydrogens is 510 g/mol. The lowest BCUT2D eigenvalue weighted by molar-refractivity contribution is -0.125. The summed E-state index contributed by atoms with van der Waals surface area (Å²) in [5.41, 5.74) is 1.79. The third-order valence-corrected chi connectivity index (χ3v) is 7.33. The Labute approximate surface area is 224 Å². The van der Waals surface area contributed by atoms with Crippen molar-refractivity contribution in [2.75, 3.05) is 32.1 Å². The summed E-state index contributed by atoms with van der Waals surface area (Å²) < 4.78 is 43.5. The van der Waals surface area contributed by atoms with Crippen molar-refractivity contribution < 1.29 is 32.6 Å². The van der Waals surface area contributed by atoms with Crippen LogP contribution in [0.5, 0.6) is 0 Å². The van der Waals surface area contributed by atoms with Gasteiger partial charge in [0.1, 0.15) is 23.1 Å². The lowest BCUT2D eigenvalue weighted by atomic mass is 9.88. The summed E-state index contributed by atoms with van der Waals surface area (Å²) >= 11 is 0. The minimum Gasteiger partial charge on any atom is -0.453 e. The van der Waals surface area contributed by atoms with E-state index in [1.165, 1.54) is 12.0 Å². The van der Waals surface area contributed by atoms with Crippen molar-refractivity contribution in [3.8, 4) is 11.3 Å². The van der Waals surface area contributed by atoms with Gasteiger partial charge in [-0.05, 0) is 49.6 Å². The van der Waals surface area contributed by atoms with Crippen LogP contribution in [0.25, 0.3) is 16.9 Å². The number of aromatic nitrogens is 2. The Bertz CT molecular complexity index is 1410. The highest BCUT2D eigenvalue weighted by molar-refractivity contribution is 5.94. The molecule has 3 heterocycles. The fourth-order valence-corrected chi connectivity index (χ4v) is 5.26. The molecule has 1 saturated carbocycles. The molecule has 0 unspecified atom stereocenters. The van der Waals surface area contributed by atoms with E-state index in [1.807, 2.05) is 19.1 Å². The first-order valence-electron chi connectivity index (χ1n) is 13.0.